The van der Waals surface area contributed by atoms with E-state index < -0.39 is 0 Å². The molecule has 0 saturated heterocycles. The summed E-state index contributed by atoms with van der Waals surface area (Å²) in [6, 6.07) is 18.2. The molecule has 3 aromatic rings. The molecule has 0 saturated carbocycles. The van der Waals surface area contributed by atoms with Crippen LogP contribution in [0.2, 0.25) is 0 Å². The quantitative estimate of drug-likeness (QED) is 0.676. The molecular formula is C21H19FN2OS2. The largest absolute Gasteiger partial charge is 0.360 e. The van der Waals surface area contributed by atoms with E-state index in [0.29, 0.717) is 6.54 Å². The smallest absolute Gasteiger partial charge is 0.240 e. The highest BCUT2D eigenvalue weighted by Crippen LogP contribution is 2.34. The second-order valence-corrected chi connectivity index (χ2v) is 8.42. The second-order valence-electron chi connectivity index (χ2n) is 6.31. The number of benzene rings is 2. The molecule has 0 fully saturated rings. The number of hydrogen-bond donors (Lipinski definition) is 1. The van der Waals surface area contributed by atoms with Crippen LogP contribution in [0.15, 0.2) is 70.9 Å². The summed E-state index contributed by atoms with van der Waals surface area (Å²) in [5.74, 6) is 0.647. The van der Waals surface area contributed by atoms with Crippen molar-refractivity contribution in [1.29, 1.82) is 0 Å². The fourth-order valence-electron chi connectivity index (χ4n) is 3.20. The lowest BCUT2D eigenvalue weighted by Crippen LogP contribution is -2.41. The van der Waals surface area contributed by atoms with Gasteiger partial charge in [0.15, 0.2) is 0 Å². The number of thioether (sulfide) groups is 1. The highest BCUT2D eigenvalue weighted by atomic mass is 32.2. The van der Waals surface area contributed by atoms with Gasteiger partial charge in [0.1, 0.15) is 5.82 Å². The number of para-hydroxylation sites is 1. The minimum Gasteiger partial charge on any atom is -0.360 e. The number of nitrogens with zero attached hydrogens (tertiary/aromatic N) is 1. The van der Waals surface area contributed by atoms with Gasteiger partial charge in [-0.1, -0.05) is 30.3 Å². The van der Waals surface area contributed by atoms with Crippen molar-refractivity contribution in [1.82, 2.24) is 5.32 Å². The van der Waals surface area contributed by atoms with Crippen LogP contribution >= 0.6 is 23.1 Å². The summed E-state index contributed by atoms with van der Waals surface area (Å²) in [5.41, 5.74) is 1.99. The number of halogens is 1. The van der Waals surface area contributed by atoms with Crippen LogP contribution in [0.25, 0.3) is 0 Å². The highest BCUT2D eigenvalue weighted by Gasteiger charge is 2.22. The van der Waals surface area contributed by atoms with Gasteiger partial charge in [-0.3, -0.25) is 4.79 Å². The number of thiophene rings is 1. The number of carbonyl (C=O) groups is 1. The number of nitrogens with one attached hydrogen (secondary N) is 1. The molecule has 3 nitrogen and oxygen atoms in total. The molecule has 1 aliphatic rings. The van der Waals surface area contributed by atoms with E-state index in [1.165, 1.54) is 17.0 Å². The van der Waals surface area contributed by atoms with Crippen molar-refractivity contribution in [3.05, 3.63) is 82.3 Å². The Morgan fingerprint density at radius 1 is 1.11 bits per heavy atom. The van der Waals surface area contributed by atoms with Crippen LogP contribution in [0, 0.1) is 5.82 Å². The van der Waals surface area contributed by atoms with Crippen molar-refractivity contribution >= 4 is 34.7 Å². The van der Waals surface area contributed by atoms with Crippen molar-refractivity contribution < 1.29 is 9.18 Å². The molecule has 0 spiro atoms. The van der Waals surface area contributed by atoms with Crippen molar-refractivity contribution in [2.45, 2.75) is 10.9 Å². The third-order valence-electron chi connectivity index (χ3n) is 4.50. The highest BCUT2D eigenvalue weighted by molar-refractivity contribution is 7.99. The van der Waals surface area contributed by atoms with E-state index in [-0.39, 0.29) is 17.8 Å². The molecule has 0 unspecified atom stereocenters. The molecule has 0 aliphatic carbocycles. The van der Waals surface area contributed by atoms with Crippen LogP contribution in [0.3, 0.4) is 0 Å². The first kappa shape index (κ1) is 18.1. The Hall–Kier alpha value is -2.31. The van der Waals surface area contributed by atoms with Gasteiger partial charge in [-0.05, 0) is 41.3 Å². The summed E-state index contributed by atoms with van der Waals surface area (Å²) in [7, 11) is 0. The minimum absolute atomic E-state index is 0.0422. The lowest BCUT2D eigenvalue weighted by molar-refractivity contribution is -0.120. The maximum atomic E-state index is 13.3. The maximum Gasteiger partial charge on any atom is 0.240 e. The SMILES string of the molecule is O=C(CN1CCSc2ccccc21)N[C@H](c1ccc(F)cc1)c1cccs1. The molecule has 1 atom stereocenters. The van der Waals surface area contributed by atoms with Gasteiger partial charge in [-0.2, -0.15) is 0 Å². The Balaban J connectivity index is 1.52. The van der Waals surface area contributed by atoms with Crippen molar-refractivity contribution in [2.24, 2.45) is 0 Å². The van der Waals surface area contributed by atoms with Crippen LogP contribution in [0.5, 0.6) is 0 Å². The van der Waals surface area contributed by atoms with E-state index in [4.69, 9.17) is 0 Å². The van der Waals surface area contributed by atoms with Crippen LogP contribution in [0.4, 0.5) is 10.1 Å². The van der Waals surface area contributed by atoms with E-state index in [9.17, 15) is 9.18 Å². The van der Waals surface area contributed by atoms with Crippen LogP contribution in [-0.4, -0.2) is 24.7 Å². The summed E-state index contributed by atoms with van der Waals surface area (Å²) < 4.78 is 13.3. The minimum atomic E-state index is -0.280. The van der Waals surface area contributed by atoms with Crippen LogP contribution in [0.1, 0.15) is 16.5 Å². The summed E-state index contributed by atoms with van der Waals surface area (Å²) in [5, 5.41) is 5.12. The standard InChI is InChI=1S/C21H19FN2OS2/c22-16-9-7-15(8-10-16)21(19-6-3-12-26-19)23-20(25)14-24-11-13-27-18-5-2-1-4-17(18)24/h1-10,12,21H,11,13-14H2,(H,23,25)/t21-/m1/s1. The zero-order valence-corrected chi connectivity index (χ0v) is 16.2. The molecule has 0 bridgehead atoms. The van der Waals surface area contributed by atoms with Crippen LogP contribution < -0.4 is 10.2 Å². The van der Waals surface area contributed by atoms with Gasteiger partial charge < -0.3 is 10.2 Å². The zero-order chi connectivity index (χ0) is 18.6. The fourth-order valence-corrected chi connectivity index (χ4v) is 5.05. The predicted molar refractivity (Wildman–Crippen MR) is 110 cm³/mol. The lowest BCUT2D eigenvalue weighted by Gasteiger charge is -2.30. The van der Waals surface area contributed by atoms with Gasteiger partial charge in [0.25, 0.3) is 0 Å². The number of rotatable bonds is 5. The molecule has 4 rings (SSSR count). The second kappa shape index (κ2) is 8.15. The number of amides is 1. The van der Waals surface area contributed by atoms with Gasteiger partial charge >= 0.3 is 0 Å². The molecule has 27 heavy (non-hydrogen) atoms. The predicted octanol–water partition coefficient (Wildman–Crippen LogP) is 4.71. The van der Waals surface area contributed by atoms with E-state index in [1.807, 2.05) is 41.4 Å². The van der Waals surface area contributed by atoms with E-state index >= 15 is 0 Å². The fraction of sp³-hybridized carbons (Fsp3) is 0.190. The van der Waals surface area contributed by atoms with Gasteiger partial charge in [-0.15, -0.1) is 23.1 Å². The average molecular weight is 399 g/mol. The molecule has 138 valence electrons. The lowest BCUT2D eigenvalue weighted by atomic mass is 10.1. The van der Waals surface area contributed by atoms with Crippen LogP contribution in [-0.2, 0) is 4.79 Å². The molecule has 1 aromatic heterocycles. The van der Waals surface area contributed by atoms with E-state index in [2.05, 4.69) is 22.3 Å². The summed E-state index contributed by atoms with van der Waals surface area (Å²) >= 11 is 3.40. The molecular weight excluding hydrogens is 379 g/mol. The Morgan fingerprint density at radius 3 is 2.70 bits per heavy atom. The summed E-state index contributed by atoms with van der Waals surface area (Å²) in [6.07, 6.45) is 0. The molecule has 1 N–H and O–H groups in total. The molecule has 2 aromatic carbocycles. The normalized spacial score (nSPS) is 14.5. The third-order valence-corrected chi connectivity index (χ3v) is 6.48. The van der Waals surface area contributed by atoms with Crippen molar-refractivity contribution in [3.8, 4) is 0 Å². The first-order valence-electron chi connectivity index (χ1n) is 8.76. The number of hydrogen-bond acceptors (Lipinski definition) is 4. The van der Waals surface area contributed by atoms with Crippen molar-refractivity contribution in [3.63, 3.8) is 0 Å². The molecule has 6 heteroatoms. The number of fused-ring (bicyclic) bond motifs is 1. The Morgan fingerprint density at radius 2 is 1.93 bits per heavy atom. The summed E-state index contributed by atoms with van der Waals surface area (Å²) in [4.78, 5) is 17.2. The topological polar surface area (TPSA) is 32.3 Å². The number of carbonyl (C=O) groups excluding carboxylic acids is 1. The molecule has 0 radical (unpaired) electrons. The molecule has 2 heterocycles. The van der Waals surface area contributed by atoms with E-state index in [1.54, 1.807) is 23.5 Å². The van der Waals surface area contributed by atoms with E-state index in [0.717, 1.165) is 28.4 Å². The Bertz CT molecular complexity index is 912. The maximum absolute atomic E-state index is 13.3. The van der Waals surface area contributed by atoms with Gasteiger partial charge in [0, 0.05) is 22.1 Å². The van der Waals surface area contributed by atoms with Crippen molar-refractivity contribution in [2.75, 3.05) is 23.7 Å². The zero-order valence-electron chi connectivity index (χ0n) is 14.6. The van der Waals surface area contributed by atoms with Gasteiger partial charge in [0.05, 0.1) is 18.3 Å². The van der Waals surface area contributed by atoms with Gasteiger partial charge in [-0.25, -0.2) is 4.39 Å². The average Bonchev–Trinajstić information content (AvgIpc) is 3.22. The van der Waals surface area contributed by atoms with Gasteiger partial charge in [0.2, 0.25) is 5.91 Å². The summed E-state index contributed by atoms with van der Waals surface area (Å²) in [6.45, 7) is 1.15. The molecule has 1 amide bonds. The Kier molecular flexibility index (Phi) is 5.45. The first-order valence-corrected chi connectivity index (χ1v) is 10.6. The Labute approximate surface area is 166 Å². The third kappa shape index (κ3) is 4.17. The molecule has 1 aliphatic heterocycles. The first-order chi connectivity index (χ1) is 13.2. The monoisotopic (exact) mass is 398 g/mol. The number of anilines is 1.